The summed E-state index contributed by atoms with van der Waals surface area (Å²) in [6.45, 7) is 9.85. The van der Waals surface area contributed by atoms with Gasteiger partial charge in [-0.15, -0.1) is 0 Å². The maximum Gasteiger partial charge on any atom is 0.0544 e. The predicted molar refractivity (Wildman–Crippen MR) is 70.9 cm³/mol. The molecule has 1 aliphatic rings. The minimum Gasteiger partial charge on any atom is -0.307 e. The van der Waals surface area contributed by atoms with Crippen LogP contribution in [-0.2, 0) is 6.54 Å². The van der Waals surface area contributed by atoms with Gasteiger partial charge in [-0.05, 0) is 45.9 Å². The third-order valence-corrected chi connectivity index (χ3v) is 3.47. The zero-order valence-electron chi connectivity index (χ0n) is 11.1. The maximum atomic E-state index is 4.51. The third-order valence-electron chi connectivity index (χ3n) is 3.47. The molecule has 1 aliphatic heterocycles. The van der Waals surface area contributed by atoms with E-state index in [2.05, 4.69) is 41.2 Å². The van der Waals surface area contributed by atoms with E-state index >= 15 is 0 Å². The number of nitrogens with zero attached hydrogens (tertiary/aromatic N) is 2. The van der Waals surface area contributed by atoms with Gasteiger partial charge in [0.15, 0.2) is 0 Å². The first kappa shape index (κ1) is 12.5. The molecule has 0 amide bonds. The topological polar surface area (TPSA) is 28.2 Å². The lowest BCUT2D eigenvalue weighted by atomic mass is 10.2. The van der Waals surface area contributed by atoms with E-state index in [0.717, 1.165) is 17.9 Å². The monoisotopic (exact) mass is 233 g/mol. The van der Waals surface area contributed by atoms with Gasteiger partial charge in [-0.2, -0.15) is 0 Å². The number of nitrogens with one attached hydrogen (secondary N) is 1. The lowest BCUT2D eigenvalue weighted by Crippen LogP contribution is -2.34. The summed E-state index contributed by atoms with van der Waals surface area (Å²) in [4.78, 5) is 7.04. The van der Waals surface area contributed by atoms with Crippen LogP contribution in [0.5, 0.6) is 0 Å². The van der Waals surface area contributed by atoms with Crippen LogP contribution in [0.25, 0.3) is 0 Å². The minimum absolute atomic E-state index is 0.625. The molecular formula is C14H23N3. The van der Waals surface area contributed by atoms with Crippen molar-refractivity contribution in [3.05, 3.63) is 29.6 Å². The second-order valence-corrected chi connectivity index (χ2v) is 5.23. The van der Waals surface area contributed by atoms with Crippen LogP contribution < -0.4 is 5.32 Å². The van der Waals surface area contributed by atoms with Crippen LogP contribution in [0, 0.1) is 6.92 Å². The molecule has 0 aromatic carbocycles. The second-order valence-electron chi connectivity index (χ2n) is 5.23. The summed E-state index contributed by atoms with van der Waals surface area (Å²) in [7, 11) is 0. The first-order valence-corrected chi connectivity index (χ1v) is 6.55. The number of hydrogen-bond acceptors (Lipinski definition) is 3. The Morgan fingerprint density at radius 1 is 1.47 bits per heavy atom. The van der Waals surface area contributed by atoms with E-state index in [1.54, 1.807) is 0 Å². The van der Waals surface area contributed by atoms with Gasteiger partial charge in [0, 0.05) is 30.9 Å². The highest BCUT2D eigenvalue weighted by atomic mass is 15.2. The summed E-state index contributed by atoms with van der Waals surface area (Å²) in [6.07, 6.45) is 1.25. The second kappa shape index (κ2) is 5.61. The average molecular weight is 233 g/mol. The molecule has 1 fully saturated rings. The highest BCUT2D eigenvalue weighted by molar-refractivity contribution is 5.09. The van der Waals surface area contributed by atoms with Crippen LogP contribution in [0.1, 0.15) is 31.7 Å². The summed E-state index contributed by atoms with van der Waals surface area (Å²) < 4.78 is 0. The molecule has 1 aromatic heterocycles. The Balaban J connectivity index is 1.80. The maximum absolute atomic E-state index is 4.51. The van der Waals surface area contributed by atoms with Gasteiger partial charge < -0.3 is 5.32 Å². The van der Waals surface area contributed by atoms with Gasteiger partial charge >= 0.3 is 0 Å². The number of hydrogen-bond donors (Lipinski definition) is 1. The number of aryl methyl sites for hydroxylation is 1. The highest BCUT2D eigenvalue weighted by Crippen LogP contribution is 2.12. The largest absolute Gasteiger partial charge is 0.307 e. The van der Waals surface area contributed by atoms with Gasteiger partial charge in [0.1, 0.15) is 0 Å². The third kappa shape index (κ3) is 3.51. The van der Waals surface area contributed by atoms with E-state index in [-0.39, 0.29) is 0 Å². The molecular weight excluding hydrogens is 210 g/mol. The van der Waals surface area contributed by atoms with Crippen molar-refractivity contribution in [2.75, 3.05) is 13.1 Å². The first-order valence-electron chi connectivity index (χ1n) is 6.55. The lowest BCUT2D eigenvalue weighted by Gasteiger charge is -2.20. The van der Waals surface area contributed by atoms with E-state index < -0.39 is 0 Å². The Kier molecular flexibility index (Phi) is 4.13. The Labute approximate surface area is 104 Å². The molecule has 1 aromatic rings. The van der Waals surface area contributed by atoms with Crippen LogP contribution in [-0.4, -0.2) is 35.1 Å². The SMILES string of the molecule is Cc1cccc(CNC2CCN(C(C)C)C2)n1. The molecule has 1 unspecified atom stereocenters. The Morgan fingerprint density at radius 3 is 2.94 bits per heavy atom. The van der Waals surface area contributed by atoms with Crippen LogP contribution in [0.15, 0.2) is 18.2 Å². The minimum atomic E-state index is 0.625. The van der Waals surface area contributed by atoms with Crippen LogP contribution >= 0.6 is 0 Å². The number of likely N-dealkylation sites (tertiary alicyclic amines) is 1. The van der Waals surface area contributed by atoms with Crippen molar-refractivity contribution in [2.45, 2.75) is 45.8 Å². The molecule has 17 heavy (non-hydrogen) atoms. The van der Waals surface area contributed by atoms with Gasteiger partial charge in [0.2, 0.25) is 0 Å². The first-order chi connectivity index (χ1) is 8.15. The molecule has 0 aliphatic carbocycles. The van der Waals surface area contributed by atoms with E-state index in [1.165, 1.54) is 19.5 Å². The number of aromatic nitrogens is 1. The molecule has 0 bridgehead atoms. The summed E-state index contributed by atoms with van der Waals surface area (Å²) in [5.41, 5.74) is 2.24. The van der Waals surface area contributed by atoms with Crippen LogP contribution in [0.3, 0.4) is 0 Å². The van der Waals surface area contributed by atoms with Crippen molar-refractivity contribution in [3.63, 3.8) is 0 Å². The molecule has 1 atom stereocenters. The zero-order chi connectivity index (χ0) is 12.3. The Morgan fingerprint density at radius 2 is 2.29 bits per heavy atom. The van der Waals surface area contributed by atoms with E-state index in [0.29, 0.717) is 12.1 Å². The molecule has 1 saturated heterocycles. The predicted octanol–water partition coefficient (Wildman–Crippen LogP) is 1.96. The summed E-state index contributed by atoms with van der Waals surface area (Å²) >= 11 is 0. The fourth-order valence-electron chi connectivity index (χ4n) is 2.37. The van der Waals surface area contributed by atoms with Crippen molar-refractivity contribution in [1.82, 2.24) is 15.2 Å². The van der Waals surface area contributed by atoms with Crippen molar-refractivity contribution < 1.29 is 0 Å². The van der Waals surface area contributed by atoms with Gasteiger partial charge in [0.05, 0.1) is 5.69 Å². The summed E-state index contributed by atoms with van der Waals surface area (Å²) in [6, 6.07) is 7.50. The van der Waals surface area contributed by atoms with Gasteiger partial charge in [-0.1, -0.05) is 6.07 Å². The smallest absolute Gasteiger partial charge is 0.0544 e. The summed E-state index contributed by atoms with van der Waals surface area (Å²) in [5, 5.41) is 3.61. The quantitative estimate of drug-likeness (QED) is 0.861. The van der Waals surface area contributed by atoms with Crippen LogP contribution in [0.2, 0.25) is 0 Å². The molecule has 1 N–H and O–H groups in total. The lowest BCUT2D eigenvalue weighted by molar-refractivity contribution is 0.268. The molecule has 94 valence electrons. The Bertz CT molecular complexity index is 362. The number of rotatable bonds is 4. The standard InChI is InChI=1S/C14H23N3/c1-11(2)17-8-7-14(10-17)15-9-13-6-4-5-12(3)16-13/h4-6,11,14-15H,7-10H2,1-3H3. The van der Waals surface area contributed by atoms with Crippen molar-refractivity contribution in [3.8, 4) is 0 Å². The van der Waals surface area contributed by atoms with Crippen molar-refractivity contribution in [2.24, 2.45) is 0 Å². The van der Waals surface area contributed by atoms with E-state index in [4.69, 9.17) is 0 Å². The van der Waals surface area contributed by atoms with Crippen molar-refractivity contribution in [1.29, 1.82) is 0 Å². The highest BCUT2D eigenvalue weighted by Gasteiger charge is 2.23. The average Bonchev–Trinajstić information content (AvgIpc) is 2.75. The normalized spacial score (nSPS) is 21.3. The van der Waals surface area contributed by atoms with E-state index in [1.807, 2.05) is 13.0 Å². The molecule has 0 spiro atoms. The molecule has 0 radical (unpaired) electrons. The summed E-state index contributed by atoms with van der Waals surface area (Å²) in [5.74, 6) is 0. The van der Waals surface area contributed by atoms with Gasteiger partial charge in [0.25, 0.3) is 0 Å². The molecule has 0 saturated carbocycles. The molecule has 2 heterocycles. The molecule has 3 nitrogen and oxygen atoms in total. The van der Waals surface area contributed by atoms with Crippen molar-refractivity contribution >= 4 is 0 Å². The fraction of sp³-hybridized carbons (Fsp3) is 0.643. The van der Waals surface area contributed by atoms with Crippen LogP contribution in [0.4, 0.5) is 0 Å². The fourth-order valence-corrected chi connectivity index (χ4v) is 2.37. The zero-order valence-corrected chi connectivity index (χ0v) is 11.1. The van der Waals surface area contributed by atoms with E-state index in [9.17, 15) is 0 Å². The number of pyridine rings is 1. The van der Waals surface area contributed by atoms with Gasteiger partial charge in [-0.25, -0.2) is 0 Å². The van der Waals surface area contributed by atoms with Gasteiger partial charge in [-0.3, -0.25) is 9.88 Å². The molecule has 3 heteroatoms. The molecule has 2 rings (SSSR count). The Hall–Kier alpha value is -0.930.